The summed E-state index contributed by atoms with van der Waals surface area (Å²) >= 11 is 0. The van der Waals surface area contributed by atoms with Gasteiger partial charge in [-0.1, -0.05) is 135 Å². The normalized spacial score (nSPS) is 11.2. The third-order valence-corrected chi connectivity index (χ3v) is 11.4. The molecule has 0 bridgehead atoms. The number of fused-ring (bicyclic) bond motifs is 2. The summed E-state index contributed by atoms with van der Waals surface area (Å²) in [6, 6.07) is 71.7. The van der Waals surface area contributed by atoms with Crippen molar-refractivity contribution in [3.05, 3.63) is 216 Å². The summed E-state index contributed by atoms with van der Waals surface area (Å²) in [5.74, 6) is 0. The van der Waals surface area contributed by atoms with Crippen LogP contribution in [0.2, 0.25) is 0 Å². The van der Waals surface area contributed by atoms with Crippen LogP contribution in [0.1, 0.15) is 36.1 Å². The lowest BCUT2D eigenvalue weighted by atomic mass is 9.85. The Morgan fingerprint density at radius 2 is 0.672 bits per heavy atom. The van der Waals surface area contributed by atoms with Crippen molar-refractivity contribution in [2.24, 2.45) is 0 Å². The zero-order valence-corrected chi connectivity index (χ0v) is 33.8. The highest BCUT2D eigenvalue weighted by Gasteiger charge is 2.22. The van der Waals surface area contributed by atoms with Crippen molar-refractivity contribution in [3.8, 4) is 22.3 Å². The number of anilines is 6. The Kier molecular flexibility index (Phi) is 10.1. The molecule has 0 aromatic heterocycles. The van der Waals surface area contributed by atoms with Crippen LogP contribution in [0, 0.1) is 13.8 Å². The molecule has 0 aliphatic heterocycles. The van der Waals surface area contributed by atoms with Crippen LogP contribution < -0.4 is 9.80 Å². The number of rotatable bonds is 10. The smallest absolute Gasteiger partial charge is 0.0468 e. The second kappa shape index (κ2) is 15.9. The lowest BCUT2D eigenvalue weighted by molar-refractivity contribution is 1.13. The van der Waals surface area contributed by atoms with Crippen LogP contribution in [0.3, 0.4) is 0 Å². The lowest BCUT2D eigenvalue weighted by Gasteiger charge is -2.28. The van der Waals surface area contributed by atoms with Crippen LogP contribution >= 0.6 is 0 Å². The Balaban J connectivity index is 1.37. The fraction of sp³-hybridized carbons (Fsp3) is 0.107. The number of aryl methyl sites for hydroxylation is 4. The zero-order valence-electron chi connectivity index (χ0n) is 33.8. The molecule has 0 spiro atoms. The van der Waals surface area contributed by atoms with Gasteiger partial charge in [0.05, 0.1) is 0 Å². The Morgan fingerprint density at radius 1 is 0.310 bits per heavy atom. The van der Waals surface area contributed by atoms with Gasteiger partial charge in [0.1, 0.15) is 0 Å². The molecule has 0 unspecified atom stereocenters. The highest BCUT2D eigenvalue weighted by molar-refractivity contribution is 6.22. The molecular formula is C56H48N2. The fourth-order valence-electron chi connectivity index (χ4n) is 8.57. The minimum Gasteiger partial charge on any atom is -0.310 e. The molecule has 0 aliphatic carbocycles. The van der Waals surface area contributed by atoms with Crippen molar-refractivity contribution in [2.45, 2.75) is 40.5 Å². The zero-order chi connectivity index (χ0) is 39.6. The number of benzene rings is 9. The van der Waals surface area contributed by atoms with E-state index >= 15 is 0 Å². The van der Waals surface area contributed by atoms with E-state index in [0.717, 1.165) is 47.0 Å². The average Bonchev–Trinajstić information content (AvgIpc) is 3.26. The van der Waals surface area contributed by atoms with Gasteiger partial charge < -0.3 is 9.80 Å². The van der Waals surface area contributed by atoms with Crippen LogP contribution in [0.15, 0.2) is 194 Å². The average molecular weight is 749 g/mol. The predicted octanol–water partition coefficient (Wildman–Crippen LogP) is 16.0. The molecule has 0 N–H and O–H groups in total. The monoisotopic (exact) mass is 748 g/mol. The van der Waals surface area contributed by atoms with Gasteiger partial charge in [-0.3, -0.25) is 0 Å². The van der Waals surface area contributed by atoms with E-state index in [1.165, 1.54) is 66.1 Å². The molecule has 0 fully saturated rings. The van der Waals surface area contributed by atoms with Gasteiger partial charge in [-0.2, -0.15) is 0 Å². The van der Waals surface area contributed by atoms with Crippen molar-refractivity contribution in [3.63, 3.8) is 0 Å². The van der Waals surface area contributed by atoms with Crippen LogP contribution in [0.25, 0.3) is 43.8 Å². The molecule has 58 heavy (non-hydrogen) atoms. The minimum atomic E-state index is 0.977. The van der Waals surface area contributed by atoms with E-state index in [1.807, 2.05) is 0 Å². The van der Waals surface area contributed by atoms with Crippen LogP contribution in [-0.4, -0.2) is 0 Å². The summed E-state index contributed by atoms with van der Waals surface area (Å²) in [6.07, 6.45) is 1.95. The summed E-state index contributed by atoms with van der Waals surface area (Å²) in [6.45, 7) is 8.79. The number of hydrogen-bond acceptors (Lipinski definition) is 2. The maximum absolute atomic E-state index is 2.42. The third-order valence-electron chi connectivity index (χ3n) is 11.4. The van der Waals surface area contributed by atoms with Crippen LogP contribution in [0.4, 0.5) is 34.1 Å². The quantitative estimate of drug-likeness (QED) is 0.129. The predicted molar refractivity (Wildman–Crippen MR) is 250 cm³/mol. The first-order valence-corrected chi connectivity index (χ1v) is 20.5. The van der Waals surface area contributed by atoms with Gasteiger partial charge in [0.25, 0.3) is 0 Å². The molecule has 0 radical (unpaired) electrons. The first kappa shape index (κ1) is 36.7. The largest absolute Gasteiger partial charge is 0.310 e. The second-order valence-corrected chi connectivity index (χ2v) is 15.3. The van der Waals surface area contributed by atoms with Crippen molar-refractivity contribution < 1.29 is 0 Å². The van der Waals surface area contributed by atoms with Gasteiger partial charge in [-0.05, 0) is 166 Å². The van der Waals surface area contributed by atoms with E-state index in [1.54, 1.807) is 0 Å². The van der Waals surface area contributed by atoms with Gasteiger partial charge in [0.15, 0.2) is 0 Å². The number of hydrogen-bond donors (Lipinski definition) is 0. The van der Waals surface area contributed by atoms with E-state index < -0.39 is 0 Å². The van der Waals surface area contributed by atoms with E-state index in [2.05, 4.69) is 232 Å². The summed E-state index contributed by atoms with van der Waals surface area (Å²) in [4.78, 5) is 4.83. The van der Waals surface area contributed by atoms with E-state index in [-0.39, 0.29) is 0 Å². The first-order valence-electron chi connectivity index (χ1n) is 20.5. The molecule has 0 saturated carbocycles. The van der Waals surface area contributed by atoms with E-state index in [0.29, 0.717) is 0 Å². The molecule has 9 rings (SSSR count). The SMILES string of the molecule is CCc1cccc(N(c2cccc(C)c2)c2ccc3c(-c4ccccc4)c4cc(N(c5cccc(C)c5)c5cccc(CC)c5)ccc4c(-c4ccccc4)c3c2)c1. The van der Waals surface area contributed by atoms with Gasteiger partial charge in [-0.15, -0.1) is 0 Å². The highest BCUT2D eigenvalue weighted by atomic mass is 15.1. The topological polar surface area (TPSA) is 6.48 Å². The fourth-order valence-corrected chi connectivity index (χ4v) is 8.57. The highest BCUT2D eigenvalue weighted by Crippen LogP contribution is 2.48. The van der Waals surface area contributed by atoms with Crippen LogP contribution in [0.5, 0.6) is 0 Å². The molecule has 0 saturated heterocycles. The standard InChI is InChI=1S/C56H48N2/c1-5-41-19-15-27-47(35-41)57(45-25-13-17-39(3)33-45)49-29-31-51-53(37-49)55(43-21-9-7-10-22-43)52-32-30-50(38-54(52)56(51)44-23-11-8-12-24-44)58(46-26-14-18-40(4)34-46)48-28-16-20-42(6-2)36-48/h7-38H,5-6H2,1-4H3. The minimum absolute atomic E-state index is 0.977. The van der Waals surface area contributed by atoms with E-state index in [9.17, 15) is 0 Å². The number of nitrogens with zero attached hydrogens (tertiary/aromatic N) is 2. The van der Waals surface area contributed by atoms with Gasteiger partial charge >= 0.3 is 0 Å². The Hall–Kier alpha value is -6.90. The lowest BCUT2D eigenvalue weighted by Crippen LogP contribution is -2.11. The molecule has 0 amide bonds. The van der Waals surface area contributed by atoms with Gasteiger partial charge in [0, 0.05) is 34.1 Å². The van der Waals surface area contributed by atoms with Gasteiger partial charge in [-0.25, -0.2) is 0 Å². The molecule has 2 heteroatoms. The molecule has 9 aromatic rings. The molecule has 0 atom stereocenters. The van der Waals surface area contributed by atoms with Crippen molar-refractivity contribution in [2.75, 3.05) is 9.80 Å². The summed E-state index contributed by atoms with van der Waals surface area (Å²) in [5, 5.41) is 4.89. The molecule has 2 nitrogen and oxygen atoms in total. The molecule has 0 heterocycles. The Morgan fingerprint density at radius 3 is 1.05 bits per heavy atom. The first-order chi connectivity index (χ1) is 28.5. The maximum Gasteiger partial charge on any atom is 0.0468 e. The second-order valence-electron chi connectivity index (χ2n) is 15.3. The van der Waals surface area contributed by atoms with Crippen molar-refractivity contribution in [1.29, 1.82) is 0 Å². The van der Waals surface area contributed by atoms with E-state index in [4.69, 9.17) is 0 Å². The summed E-state index contributed by atoms with van der Waals surface area (Å²) in [5.41, 5.74) is 16.8. The Labute approximate surface area is 343 Å². The Bertz CT molecular complexity index is 2690. The molecular weight excluding hydrogens is 701 g/mol. The third kappa shape index (κ3) is 7.03. The van der Waals surface area contributed by atoms with Crippen LogP contribution in [-0.2, 0) is 12.8 Å². The summed E-state index contributed by atoms with van der Waals surface area (Å²) < 4.78 is 0. The molecule has 0 aliphatic rings. The molecule has 9 aromatic carbocycles. The maximum atomic E-state index is 2.42. The van der Waals surface area contributed by atoms with Gasteiger partial charge in [0.2, 0.25) is 0 Å². The van der Waals surface area contributed by atoms with Crippen molar-refractivity contribution >= 4 is 55.7 Å². The summed E-state index contributed by atoms with van der Waals surface area (Å²) in [7, 11) is 0. The van der Waals surface area contributed by atoms with Crippen molar-refractivity contribution in [1.82, 2.24) is 0 Å². The molecule has 282 valence electrons.